The van der Waals surface area contributed by atoms with E-state index in [-0.39, 0.29) is 46.2 Å². The van der Waals surface area contributed by atoms with Gasteiger partial charge in [-0.2, -0.15) is 4.57 Å². The number of nitro groups is 2. The van der Waals surface area contributed by atoms with Crippen molar-refractivity contribution in [1.29, 1.82) is 0 Å². The molecular formula is C20H16BrN3O5. The van der Waals surface area contributed by atoms with Crippen molar-refractivity contribution in [2.24, 2.45) is 0 Å². The standard InChI is InChI=1S/C20H16N3O5.BrH/c24-20(18-3-1-2-4-19(18)23(27)28)14-21-11-9-16(10-12-21)13-15-5-7-17(8-6-15)22(25)26;/h1-12H,13-14H2;1H/q+1;/p-1. The third-order valence-electron chi connectivity index (χ3n) is 4.24. The molecule has 9 heteroatoms. The number of halogens is 1. The Bertz CT molecular complexity index is 1040. The van der Waals surface area contributed by atoms with Crippen LogP contribution in [-0.4, -0.2) is 15.6 Å². The molecule has 0 amide bonds. The number of benzene rings is 2. The quantitative estimate of drug-likeness (QED) is 0.219. The van der Waals surface area contributed by atoms with Crippen LogP contribution in [0.1, 0.15) is 21.5 Å². The summed E-state index contributed by atoms with van der Waals surface area (Å²) < 4.78 is 1.65. The average molecular weight is 458 g/mol. The first-order valence-electron chi connectivity index (χ1n) is 8.42. The first-order chi connectivity index (χ1) is 13.4. The Balaban J connectivity index is 0.00000300. The first kappa shape index (κ1) is 21.8. The number of carbonyl (C=O) groups excluding carboxylic acids is 1. The molecule has 1 aromatic heterocycles. The lowest BCUT2D eigenvalue weighted by Crippen LogP contribution is -3.00. The van der Waals surface area contributed by atoms with Gasteiger partial charge < -0.3 is 17.0 Å². The smallest absolute Gasteiger partial charge is 0.280 e. The van der Waals surface area contributed by atoms with E-state index in [9.17, 15) is 25.0 Å². The number of hydrogen-bond donors (Lipinski definition) is 0. The van der Waals surface area contributed by atoms with Crippen molar-refractivity contribution in [3.05, 3.63) is 110 Å². The molecule has 0 aliphatic heterocycles. The highest BCUT2D eigenvalue weighted by Crippen LogP contribution is 2.18. The van der Waals surface area contributed by atoms with Crippen LogP contribution in [0.4, 0.5) is 11.4 Å². The molecule has 0 bridgehead atoms. The fraction of sp³-hybridized carbons (Fsp3) is 0.100. The Labute approximate surface area is 176 Å². The molecule has 0 radical (unpaired) electrons. The van der Waals surface area contributed by atoms with Gasteiger partial charge in [0.15, 0.2) is 12.4 Å². The summed E-state index contributed by atoms with van der Waals surface area (Å²) in [4.78, 5) is 33.2. The maximum Gasteiger partial charge on any atom is 0.280 e. The highest BCUT2D eigenvalue weighted by Gasteiger charge is 2.22. The summed E-state index contributed by atoms with van der Waals surface area (Å²) in [6, 6.07) is 15.9. The van der Waals surface area contributed by atoms with Gasteiger partial charge in [-0.15, -0.1) is 0 Å². The molecule has 3 rings (SSSR count). The van der Waals surface area contributed by atoms with Gasteiger partial charge in [0.1, 0.15) is 5.56 Å². The van der Waals surface area contributed by atoms with Crippen molar-refractivity contribution in [3.63, 3.8) is 0 Å². The van der Waals surface area contributed by atoms with Crippen molar-refractivity contribution in [3.8, 4) is 0 Å². The lowest BCUT2D eigenvalue weighted by atomic mass is 10.1. The molecule has 0 saturated heterocycles. The lowest BCUT2D eigenvalue weighted by Gasteiger charge is -2.03. The zero-order valence-corrected chi connectivity index (χ0v) is 16.7. The van der Waals surface area contributed by atoms with Crippen LogP contribution in [-0.2, 0) is 13.0 Å². The second kappa shape index (κ2) is 9.65. The predicted octanol–water partition coefficient (Wildman–Crippen LogP) is 0.268. The van der Waals surface area contributed by atoms with Gasteiger partial charge in [-0.3, -0.25) is 25.0 Å². The van der Waals surface area contributed by atoms with E-state index in [0.29, 0.717) is 6.42 Å². The van der Waals surface area contributed by atoms with Crippen LogP contribution in [0, 0.1) is 20.2 Å². The van der Waals surface area contributed by atoms with Crippen molar-refractivity contribution in [1.82, 2.24) is 0 Å². The summed E-state index contributed by atoms with van der Waals surface area (Å²) in [6.45, 7) is -0.0112. The van der Waals surface area contributed by atoms with Gasteiger partial charge in [0.25, 0.3) is 11.4 Å². The lowest BCUT2D eigenvalue weighted by molar-refractivity contribution is -0.683. The van der Waals surface area contributed by atoms with Crippen molar-refractivity contribution < 1.29 is 36.2 Å². The third kappa shape index (κ3) is 5.52. The van der Waals surface area contributed by atoms with Gasteiger partial charge >= 0.3 is 0 Å². The SMILES string of the molecule is O=C(C[n+]1ccc(Cc2ccc([N+](=O)[O-])cc2)cc1)c1ccccc1[N+](=O)[O-].[Br-]. The molecule has 0 aliphatic carbocycles. The Morgan fingerprint density at radius 2 is 1.41 bits per heavy atom. The number of nitrogens with zero attached hydrogens (tertiary/aromatic N) is 3. The minimum atomic E-state index is -0.564. The zero-order valence-electron chi connectivity index (χ0n) is 15.1. The van der Waals surface area contributed by atoms with Gasteiger partial charge in [-0.1, -0.05) is 24.3 Å². The van der Waals surface area contributed by atoms with Gasteiger partial charge in [-0.25, -0.2) is 0 Å². The molecule has 8 nitrogen and oxygen atoms in total. The molecular weight excluding hydrogens is 442 g/mol. The Kier molecular flexibility index (Phi) is 7.27. The number of pyridine rings is 1. The Morgan fingerprint density at radius 1 is 0.828 bits per heavy atom. The maximum absolute atomic E-state index is 12.4. The van der Waals surface area contributed by atoms with Gasteiger partial charge in [0.2, 0.25) is 12.3 Å². The normalized spacial score (nSPS) is 10.1. The highest BCUT2D eigenvalue weighted by atomic mass is 79.9. The van der Waals surface area contributed by atoms with E-state index in [1.54, 1.807) is 35.2 Å². The molecule has 29 heavy (non-hydrogen) atoms. The maximum atomic E-state index is 12.4. The van der Waals surface area contributed by atoms with Crippen molar-refractivity contribution in [2.45, 2.75) is 13.0 Å². The van der Waals surface area contributed by atoms with Crippen LogP contribution in [0.3, 0.4) is 0 Å². The molecule has 0 unspecified atom stereocenters. The summed E-state index contributed by atoms with van der Waals surface area (Å²) in [7, 11) is 0. The Morgan fingerprint density at radius 3 is 2.00 bits per heavy atom. The summed E-state index contributed by atoms with van der Waals surface area (Å²) >= 11 is 0. The first-order valence-corrected chi connectivity index (χ1v) is 8.42. The van der Waals surface area contributed by atoms with Crippen LogP contribution in [0.2, 0.25) is 0 Å². The van der Waals surface area contributed by atoms with Gasteiger partial charge in [-0.05, 0) is 23.6 Å². The molecule has 0 saturated carbocycles. The van der Waals surface area contributed by atoms with E-state index in [1.807, 2.05) is 12.1 Å². The van der Waals surface area contributed by atoms with E-state index in [1.165, 1.54) is 30.3 Å². The summed E-state index contributed by atoms with van der Waals surface area (Å²) in [5.74, 6) is -0.347. The van der Waals surface area contributed by atoms with E-state index in [0.717, 1.165) is 11.1 Å². The number of nitro benzene ring substituents is 2. The van der Waals surface area contributed by atoms with Crippen LogP contribution >= 0.6 is 0 Å². The monoisotopic (exact) mass is 457 g/mol. The number of carbonyl (C=O) groups is 1. The molecule has 0 atom stereocenters. The summed E-state index contributed by atoms with van der Waals surface area (Å²) in [5, 5.41) is 21.8. The van der Waals surface area contributed by atoms with Crippen LogP contribution in [0.15, 0.2) is 73.1 Å². The second-order valence-corrected chi connectivity index (χ2v) is 6.18. The number of rotatable bonds is 7. The van der Waals surface area contributed by atoms with Crippen molar-refractivity contribution >= 4 is 17.2 Å². The van der Waals surface area contributed by atoms with E-state index >= 15 is 0 Å². The molecule has 0 fully saturated rings. The number of para-hydroxylation sites is 1. The van der Waals surface area contributed by atoms with Crippen molar-refractivity contribution in [2.75, 3.05) is 0 Å². The molecule has 0 aliphatic rings. The molecule has 2 aromatic carbocycles. The zero-order chi connectivity index (χ0) is 20.1. The molecule has 148 valence electrons. The third-order valence-corrected chi connectivity index (χ3v) is 4.24. The number of aromatic nitrogens is 1. The predicted molar refractivity (Wildman–Crippen MR) is 100.0 cm³/mol. The van der Waals surface area contributed by atoms with Crippen LogP contribution in [0.5, 0.6) is 0 Å². The minimum Gasteiger partial charge on any atom is -1.00 e. The number of Topliss-reactive ketones (excluding diaryl/α,β-unsaturated/α-hetero) is 1. The fourth-order valence-electron chi connectivity index (χ4n) is 2.80. The second-order valence-electron chi connectivity index (χ2n) is 6.18. The van der Waals surface area contributed by atoms with Crippen LogP contribution in [0.25, 0.3) is 0 Å². The molecule has 0 N–H and O–H groups in total. The highest BCUT2D eigenvalue weighted by molar-refractivity contribution is 5.98. The van der Waals surface area contributed by atoms with Gasteiger partial charge in [0.05, 0.1) is 9.85 Å². The Hall–Kier alpha value is -3.46. The van der Waals surface area contributed by atoms with E-state index in [2.05, 4.69) is 0 Å². The number of non-ortho nitro benzene ring substituents is 1. The van der Waals surface area contributed by atoms with Crippen LogP contribution < -0.4 is 21.5 Å². The fourth-order valence-corrected chi connectivity index (χ4v) is 2.80. The number of ketones is 1. The van der Waals surface area contributed by atoms with Gasteiger partial charge in [0, 0.05) is 30.3 Å². The summed E-state index contributed by atoms with van der Waals surface area (Å²) in [5.41, 5.74) is 1.82. The molecule has 0 spiro atoms. The minimum absolute atomic E-state index is 0. The number of hydrogen-bond acceptors (Lipinski definition) is 5. The topological polar surface area (TPSA) is 107 Å². The molecule has 1 heterocycles. The molecule has 3 aromatic rings. The van der Waals surface area contributed by atoms with E-state index in [4.69, 9.17) is 0 Å². The largest absolute Gasteiger partial charge is 1.00 e. The summed E-state index contributed by atoms with van der Waals surface area (Å²) in [6.07, 6.45) is 4.05. The van der Waals surface area contributed by atoms with E-state index < -0.39 is 9.85 Å². The average Bonchev–Trinajstić information content (AvgIpc) is 2.70.